The molecule has 0 bridgehead atoms. The number of rotatable bonds is 44. The monoisotopic (exact) mass is 1320 g/mol. The molecule has 0 aromatic carbocycles. The van der Waals surface area contributed by atoms with E-state index in [1.54, 1.807) is 7.11 Å². The Hall–Kier alpha value is -0.600. The Morgan fingerprint density at radius 3 is 1.42 bits per heavy atom. The van der Waals surface area contributed by atoms with E-state index in [0.717, 1.165) is 108 Å². The van der Waals surface area contributed by atoms with Gasteiger partial charge in [0.15, 0.2) is 0 Å². The molecule has 0 amide bonds. The van der Waals surface area contributed by atoms with E-state index >= 15 is 0 Å². The second kappa shape index (κ2) is 76.2. The van der Waals surface area contributed by atoms with Crippen LogP contribution in [0.2, 0.25) is 0 Å². The van der Waals surface area contributed by atoms with Crippen LogP contribution >= 0.6 is 0 Å². The second-order valence-corrected chi connectivity index (χ2v) is 30.3. The van der Waals surface area contributed by atoms with Crippen LogP contribution in [-0.4, -0.2) is 286 Å². The number of nitrogens with two attached hydrogens (primary N) is 1. The van der Waals surface area contributed by atoms with Crippen LogP contribution in [0.3, 0.4) is 0 Å². The highest BCUT2D eigenvalue weighted by molar-refractivity contribution is 4.69. The molecule has 0 saturated carbocycles. The zero-order valence-electron chi connectivity index (χ0n) is 67.6. The predicted octanol–water partition coefficient (Wildman–Crippen LogP) is 13.7. The van der Waals surface area contributed by atoms with Gasteiger partial charge in [0.1, 0.15) is 0 Å². The van der Waals surface area contributed by atoms with Gasteiger partial charge >= 0.3 is 0 Å². The lowest BCUT2D eigenvalue weighted by Crippen LogP contribution is -2.36. The topological polar surface area (TPSA) is 116 Å². The van der Waals surface area contributed by atoms with Crippen molar-refractivity contribution in [2.75, 3.05) is 229 Å². The zero-order chi connectivity index (χ0) is 70.6. The average molecular weight is 1320 g/mol. The molecular weight excluding hydrogens is 1140 g/mol. The van der Waals surface area contributed by atoms with Crippen LogP contribution in [0.25, 0.3) is 0 Å². The molecule has 15 nitrogen and oxygen atoms in total. The lowest BCUT2D eigenvalue weighted by molar-refractivity contribution is 0.0368. The largest absolute Gasteiger partial charge is 0.385 e. The molecule has 0 spiro atoms. The fourth-order valence-electron chi connectivity index (χ4n) is 10.6. The van der Waals surface area contributed by atoms with Gasteiger partial charge < -0.3 is 70.2 Å². The highest BCUT2D eigenvalue weighted by atomic mass is 16.5. The fraction of sp³-hybridized carbons (Fsp3) is 1.00. The minimum atomic E-state index is 0.366. The number of unbranched alkanes of at least 4 members (excludes halogenated alkanes) is 2. The lowest BCUT2D eigenvalue weighted by atomic mass is 10.0. The van der Waals surface area contributed by atoms with E-state index in [-0.39, 0.29) is 0 Å². The van der Waals surface area contributed by atoms with E-state index in [4.69, 9.17) is 19.9 Å². The molecule has 3 aliphatic heterocycles. The van der Waals surface area contributed by atoms with E-state index in [2.05, 4.69) is 223 Å². The van der Waals surface area contributed by atoms with Crippen LogP contribution in [-0.2, 0) is 14.2 Å². The SMILES string of the molecule is CC(C)CCCN1CCCCC1.CC(C)CCCN1CCOCC1.CC(C)CNCCCN(C)C.CC(CCC1CCCO1)CN(C)C.CCC(C)NCCCN(C)C.CCCCNCCCN(C)C.CCN(C)CCCC(C)N.COCCCCC(C)CN(C)C. The Balaban J connectivity index is -0.000000314. The number of likely N-dealkylation sites (tertiary alicyclic amines) is 1. The van der Waals surface area contributed by atoms with Gasteiger partial charge in [-0.15, -0.1) is 0 Å². The summed E-state index contributed by atoms with van der Waals surface area (Å²) in [5, 5.41) is 10.3. The summed E-state index contributed by atoms with van der Waals surface area (Å²) < 4.78 is 15.9. The van der Waals surface area contributed by atoms with Crippen molar-refractivity contribution in [2.45, 2.75) is 249 Å². The molecular formula is C77H176N12O3. The van der Waals surface area contributed by atoms with Gasteiger partial charge in [0, 0.05) is 58.6 Å². The molecule has 0 radical (unpaired) electrons. The number of hydrogen-bond acceptors (Lipinski definition) is 15. The van der Waals surface area contributed by atoms with Crippen LogP contribution in [0.1, 0.15) is 231 Å². The Morgan fingerprint density at radius 1 is 0.489 bits per heavy atom. The third-order valence-corrected chi connectivity index (χ3v) is 16.5. The second-order valence-electron chi connectivity index (χ2n) is 30.3. The van der Waals surface area contributed by atoms with Crippen LogP contribution in [0.15, 0.2) is 0 Å². The first kappa shape index (κ1) is 100. The number of ether oxygens (including phenoxy) is 3. The van der Waals surface area contributed by atoms with Gasteiger partial charge in [-0.1, -0.05) is 95.4 Å². The van der Waals surface area contributed by atoms with Gasteiger partial charge in [0.2, 0.25) is 0 Å². The summed E-state index contributed by atoms with van der Waals surface area (Å²) in [6, 6.07) is 1.04. The van der Waals surface area contributed by atoms with Gasteiger partial charge in [-0.2, -0.15) is 0 Å². The molecule has 3 aliphatic rings. The highest BCUT2D eigenvalue weighted by Gasteiger charge is 2.17. The molecule has 562 valence electrons. The summed E-state index contributed by atoms with van der Waals surface area (Å²) in [7, 11) is 25.1. The van der Waals surface area contributed by atoms with Crippen LogP contribution in [0.4, 0.5) is 0 Å². The van der Waals surface area contributed by atoms with E-state index in [1.807, 2.05) is 0 Å². The lowest BCUT2D eigenvalue weighted by Gasteiger charge is -2.26. The van der Waals surface area contributed by atoms with E-state index in [1.165, 1.54) is 207 Å². The smallest absolute Gasteiger partial charge is 0.0594 e. The molecule has 5 N–H and O–H groups in total. The summed E-state index contributed by atoms with van der Waals surface area (Å²) in [6.45, 7) is 54.7. The summed E-state index contributed by atoms with van der Waals surface area (Å²) >= 11 is 0. The third kappa shape index (κ3) is 93.6. The summed E-state index contributed by atoms with van der Waals surface area (Å²) in [6.07, 6.45) is 29.3. The van der Waals surface area contributed by atoms with E-state index < -0.39 is 0 Å². The van der Waals surface area contributed by atoms with Gasteiger partial charge in [0.25, 0.3) is 0 Å². The molecule has 5 atom stereocenters. The molecule has 3 fully saturated rings. The van der Waals surface area contributed by atoms with Crippen molar-refractivity contribution in [1.82, 2.24) is 55.1 Å². The number of piperidine rings is 1. The van der Waals surface area contributed by atoms with Crippen molar-refractivity contribution in [3.8, 4) is 0 Å². The highest BCUT2D eigenvalue weighted by Crippen LogP contribution is 2.20. The quantitative estimate of drug-likeness (QED) is 0.0434. The van der Waals surface area contributed by atoms with Crippen molar-refractivity contribution >= 4 is 0 Å². The molecule has 15 heteroatoms. The molecule has 0 aromatic heterocycles. The van der Waals surface area contributed by atoms with E-state index in [0.29, 0.717) is 18.2 Å². The maximum absolute atomic E-state index is 5.60. The molecule has 0 aromatic rings. The van der Waals surface area contributed by atoms with Crippen molar-refractivity contribution < 1.29 is 14.2 Å². The Morgan fingerprint density at radius 2 is 0.989 bits per heavy atom. The number of morpholine rings is 1. The van der Waals surface area contributed by atoms with Gasteiger partial charge in [-0.3, -0.25) is 4.90 Å². The predicted molar refractivity (Wildman–Crippen MR) is 414 cm³/mol. The van der Waals surface area contributed by atoms with Crippen LogP contribution < -0.4 is 21.7 Å². The molecule has 3 heterocycles. The van der Waals surface area contributed by atoms with E-state index in [9.17, 15) is 0 Å². The van der Waals surface area contributed by atoms with Gasteiger partial charge in [-0.05, 0) is 335 Å². The maximum Gasteiger partial charge on any atom is 0.0594 e. The van der Waals surface area contributed by atoms with Gasteiger partial charge in [-0.25, -0.2) is 0 Å². The molecule has 92 heavy (non-hydrogen) atoms. The first-order valence-corrected chi connectivity index (χ1v) is 38.6. The average Bonchev–Trinajstić information content (AvgIpc) is 4.13. The molecule has 3 rings (SSSR count). The summed E-state index contributed by atoms with van der Waals surface area (Å²) in [5.41, 5.74) is 5.60. The number of nitrogens with zero attached hydrogens (tertiary/aromatic N) is 8. The molecule has 0 aliphatic carbocycles. The zero-order valence-corrected chi connectivity index (χ0v) is 67.6. The summed E-state index contributed by atoms with van der Waals surface area (Å²) in [4.78, 5) is 18.6. The fourth-order valence-corrected chi connectivity index (χ4v) is 10.6. The van der Waals surface area contributed by atoms with Crippen molar-refractivity contribution in [3.05, 3.63) is 0 Å². The third-order valence-electron chi connectivity index (χ3n) is 16.5. The Kier molecular flexibility index (Phi) is 82.8. The minimum absolute atomic E-state index is 0.366. The number of hydrogen-bond donors (Lipinski definition) is 4. The summed E-state index contributed by atoms with van der Waals surface area (Å²) in [5.74, 6) is 4.13. The molecule has 3 saturated heterocycles. The molecule has 5 unspecified atom stereocenters. The minimum Gasteiger partial charge on any atom is -0.385 e. The van der Waals surface area contributed by atoms with Crippen LogP contribution in [0.5, 0.6) is 0 Å². The van der Waals surface area contributed by atoms with Crippen LogP contribution in [0, 0.1) is 29.6 Å². The van der Waals surface area contributed by atoms with Crippen molar-refractivity contribution in [3.63, 3.8) is 0 Å². The first-order valence-electron chi connectivity index (χ1n) is 38.6. The normalized spacial score (nSPS) is 16.5. The Bertz CT molecular complexity index is 1290. The van der Waals surface area contributed by atoms with Gasteiger partial charge in [0.05, 0.1) is 19.3 Å². The number of nitrogens with one attached hydrogen (secondary N) is 3. The number of methoxy groups -OCH3 is 1. The maximum atomic E-state index is 5.60. The van der Waals surface area contributed by atoms with Crippen molar-refractivity contribution in [2.24, 2.45) is 35.3 Å². The van der Waals surface area contributed by atoms with Crippen molar-refractivity contribution in [1.29, 1.82) is 0 Å². The standard InChI is InChI=1S/C11H23NO.C11H23N.C10H21NO.C10H23NO.3C9H22N2.C8H20N2/c1-10(9-12(2)3)6-7-11-5-4-8-13-11;1-11(2)7-6-10-12-8-4-3-5-9-12;1-10(2)4-3-5-11-6-8-12-9-7-11;1-10(9-11(2)3)7-5-6-8-12-4;1-9(2)8-10-6-5-7-11(3)4;1-5-9(2)10-7-6-8-11(3)4;1-4-5-7-10-8-6-9-11(2)3;1-4-10(3)7-5-6-8(2)9/h10-11H,4-9H2,1-3H3;11H,3-10H2,1-2H3;10H,3-9H2,1-2H3;10H,5-9H2,1-4H3;2*9-10H,5-8H2,1-4H3;10H,4-9H2,1-3H3;8H,4-7,9H2,1-3H3. The first-order chi connectivity index (χ1) is 43.6. The Labute approximate surface area is 580 Å².